The highest BCUT2D eigenvalue weighted by molar-refractivity contribution is 5.33. The van der Waals surface area contributed by atoms with Crippen molar-refractivity contribution in [1.29, 1.82) is 0 Å². The van der Waals surface area contributed by atoms with Crippen molar-refractivity contribution >= 4 is 0 Å². The summed E-state index contributed by atoms with van der Waals surface area (Å²) < 4.78 is 2.07. The second-order valence-corrected chi connectivity index (χ2v) is 4.72. The van der Waals surface area contributed by atoms with Gasteiger partial charge in [-0.1, -0.05) is 18.2 Å². The van der Waals surface area contributed by atoms with Crippen LogP contribution in [0.4, 0.5) is 0 Å². The summed E-state index contributed by atoms with van der Waals surface area (Å²) in [4.78, 5) is 0. The molecule has 17 heavy (non-hydrogen) atoms. The lowest BCUT2D eigenvalue weighted by molar-refractivity contribution is 0.400. The Morgan fingerprint density at radius 3 is 2.82 bits per heavy atom. The van der Waals surface area contributed by atoms with Crippen LogP contribution in [0.2, 0.25) is 0 Å². The zero-order chi connectivity index (χ0) is 11.7. The van der Waals surface area contributed by atoms with Crippen molar-refractivity contribution in [2.75, 3.05) is 6.54 Å². The Morgan fingerprint density at radius 2 is 2.12 bits per heavy atom. The standard InChI is InChI=1S/C13H16N4/c1-13(8-5-9-14-13)12-16-15-10-17(12)11-6-3-2-4-7-11/h2-4,6-7,10,14H,5,8-9H2,1H3. The van der Waals surface area contributed by atoms with Crippen molar-refractivity contribution in [3.8, 4) is 5.69 Å². The number of rotatable bonds is 2. The van der Waals surface area contributed by atoms with E-state index < -0.39 is 0 Å². The molecule has 88 valence electrons. The van der Waals surface area contributed by atoms with Crippen molar-refractivity contribution in [3.63, 3.8) is 0 Å². The van der Waals surface area contributed by atoms with Crippen LogP contribution in [0.25, 0.3) is 5.69 Å². The van der Waals surface area contributed by atoms with Crippen molar-refractivity contribution < 1.29 is 0 Å². The van der Waals surface area contributed by atoms with E-state index in [1.807, 2.05) is 18.2 Å². The quantitative estimate of drug-likeness (QED) is 0.853. The number of para-hydroxylation sites is 1. The predicted octanol–water partition coefficient (Wildman–Crippen LogP) is 1.87. The highest BCUT2D eigenvalue weighted by atomic mass is 15.3. The van der Waals surface area contributed by atoms with Gasteiger partial charge in [-0.05, 0) is 38.4 Å². The first-order valence-electron chi connectivity index (χ1n) is 6.01. The minimum absolute atomic E-state index is 0.0493. The maximum Gasteiger partial charge on any atom is 0.157 e. The largest absolute Gasteiger partial charge is 0.305 e. The molecule has 4 nitrogen and oxygen atoms in total. The topological polar surface area (TPSA) is 42.7 Å². The van der Waals surface area contributed by atoms with Crippen LogP contribution in [0.1, 0.15) is 25.6 Å². The van der Waals surface area contributed by atoms with Crippen LogP contribution in [0.15, 0.2) is 36.7 Å². The molecule has 0 amide bonds. The summed E-state index contributed by atoms with van der Waals surface area (Å²) in [6.45, 7) is 3.25. The molecule has 4 heteroatoms. The molecule has 1 aromatic heterocycles. The molecule has 2 heterocycles. The molecule has 1 fully saturated rings. The molecular formula is C13H16N4. The molecule has 1 N–H and O–H groups in total. The fraction of sp³-hybridized carbons (Fsp3) is 0.385. The fourth-order valence-electron chi connectivity index (χ4n) is 2.47. The monoisotopic (exact) mass is 228 g/mol. The lowest BCUT2D eigenvalue weighted by Gasteiger charge is -2.23. The zero-order valence-electron chi connectivity index (χ0n) is 9.93. The van der Waals surface area contributed by atoms with Gasteiger partial charge in [-0.3, -0.25) is 4.57 Å². The van der Waals surface area contributed by atoms with Gasteiger partial charge < -0.3 is 5.32 Å². The van der Waals surface area contributed by atoms with Crippen molar-refractivity contribution in [2.45, 2.75) is 25.3 Å². The summed E-state index contributed by atoms with van der Waals surface area (Å²) in [6, 6.07) is 10.2. The molecule has 0 aliphatic carbocycles. The Hall–Kier alpha value is -1.68. The first-order valence-corrected chi connectivity index (χ1v) is 6.01. The summed E-state index contributed by atoms with van der Waals surface area (Å²) in [7, 11) is 0. The van der Waals surface area contributed by atoms with Gasteiger partial charge in [0.25, 0.3) is 0 Å². The van der Waals surface area contributed by atoms with Gasteiger partial charge in [0, 0.05) is 5.69 Å². The van der Waals surface area contributed by atoms with E-state index in [1.54, 1.807) is 6.33 Å². The molecule has 0 spiro atoms. The zero-order valence-corrected chi connectivity index (χ0v) is 9.93. The molecule has 0 saturated carbocycles. The second kappa shape index (κ2) is 3.96. The normalized spacial score (nSPS) is 24.1. The van der Waals surface area contributed by atoms with E-state index >= 15 is 0 Å². The average molecular weight is 228 g/mol. The Labute approximate surface area is 101 Å². The van der Waals surface area contributed by atoms with E-state index in [0.29, 0.717) is 0 Å². The van der Waals surface area contributed by atoms with E-state index in [1.165, 1.54) is 6.42 Å². The Kier molecular flexibility index (Phi) is 2.44. The molecule has 1 aliphatic rings. The van der Waals surface area contributed by atoms with Crippen LogP contribution in [0, 0.1) is 0 Å². The van der Waals surface area contributed by atoms with E-state index in [2.05, 4.69) is 39.1 Å². The van der Waals surface area contributed by atoms with Crippen LogP contribution in [-0.2, 0) is 5.54 Å². The van der Waals surface area contributed by atoms with E-state index in [-0.39, 0.29) is 5.54 Å². The number of nitrogens with zero attached hydrogens (tertiary/aromatic N) is 3. The molecule has 0 radical (unpaired) electrons. The van der Waals surface area contributed by atoms with Crippen LogP contribution < -0.4 is 5.32 Å². The third-order valence-corrected chi connectivity index (χ3v) is 3.44. The summed E-state index contributed by atoms with van der Waals surface area (Å²) >= 11 is 0. The summed E-state index contributed by atoms with van der Waals surface area (Å²) in [5.41, 5.74) is 1.06. The Balaban J connectivity index is 2.05. The number of hydrogen-bond acceptors (Lipinski definition) is 3. The number of nitrogens with one attached hydrogen (secondary N) is 1. The van der Waals surface area contributed by atoms with Crippen LogP contribution in [0.3, 0.4) is 0 Å². The van der Waals surface area contributed by atoms with Crippen molar-refractivity contribution in [3.05, 3.63) is 42.5 Å². The molecule has 1 atom stereocenters. The van der Waals surface area contributed by atoms with E-state index in [4.69, 9.17) is 0 Å². The van der Waals surface area contributed by atoms with Gasteiger partial charge in [-0.25, -0.2) is 0 Å². The van der Waals surface area contributed by atoms with E-state index in [9.17, 15) is 0 Å². The minimum atomic E-state index is -0.0493. The lowest BCUT2D eigenvalue weighted by Crippen LogP contribution is -2.36. The molecule has 0 bridgehead atoms. The third-order valence-electron chi connectivity index (χ3n) is 3.44. The van der Waals surface area contributed by atoms with Crippen LogP contribution in [-0.4, -0.2) is 21.3 Å². The molecule has 1 aliphatic heterocycles. The Bertz CT molecular complexity index is 497. The Morgan fingerprint density at radius 1 is 1.29 bits per heavy atom. The van der Waals surface area contributed by atoms with Gasteiger partial charge in [-0.15, -0.1) is 10.2 Å². The molecule has 1 aromatic carbocycles. The van der Waals surface area contributed by atoms with Gasteiger partial charge in [0.2, 0.25) is 0 Å². The second-order valence-electron chi connectivity index (χ2n) is 4.72. The van der Waals surface area contributed by atoms with Crippen LogP contribution >= 0.6 is 0 Å². The molecular weight excluding hydrogens is 212 g/mol. The average Bonchev–Trinajstić information content (AvgIpc) is 2.99. The molecule has 2 aromatic rings. The van der Waals surface area contributed by atoms with Crippen molar-refractivity contribution in [1.82, 2.24) is 20.1 Å². The minimum Gasteiger partial charge on any atom is -0.305 e. The first-order chi connectivity index (χ1) is 8.30. The third kappa shape index (κ3) is 1.74. The number of aromatic nitrogens is 3. The maximum atomic E-state index is 4.30. The SMILES string of the molecule is CC1(c2nncn2-c2ccccc2)CCCN1. The number of benzene rings is 1. The summed E-state index contributed by atoms with van der Waals surface area (Å²) in [5, 5.41) is 11.9. The number of hydrogen-bond donors (Lipinski definition) is 1. The summed E-state index contributed by atoms with van der Waals surface area (Å²) in [6.07, 6.45) is 4.09. The smallest absolute Gasteiger partial charge is 0.157 e. The highest BCUT2D eigenvalue weighted by Crippen LogP contribution is 2.29. The molecule has 1 unspecified atom stereocenters. The van der Waals surface area contributed by atoms with Gasteiger partial charge in [0.05, 0.1) is 5.54 Å². The van der Waals surface area contributed by atoms with Gasteiger partial charge in [0.15, 0.2) is 5.82 Å². The van der Waals surface area contributed by atoms with Crippen LogP contribution in [0.5, 0.6) is 0 Å². The maximum absolute atomic E-state index is 4.30. The van der Waals surface area contributed by atoms with Gasteiger partial charge in [0.1, 0.15) is 6.33 Å². The van der Waals surface area contributed by atoms with Gasteiger partial charge in [-0.2, -0.15) is 0 Å². The predicted molar refractivity (Wildman–Crippen MR) is 65.9 cm³/mol. The highest BCUT2D eigenvalue weighted by Gasteiger charge is 2.34. The molecule has 3 rings (SSSR count). The van der Waals surface area contributed by atoms with E-state index in [0.717, 1.165) is 24.5 Å². The fourth-order valence-corrected chi connectivity index (χ4v) is 2.47. The van der Waals surface area contributed by atoms with Gasteiger partial charge >= 0.3 is 0 Å². The lowest BCUT2D eigenvalue weighted by atomic mass is 9.99. The summed E-state index contributed by atoms with van der Waals surface area (Å²) in [5.74, 6) is 1.00. The molecule has 1 saturated heterocycles. The first kappa shape index (κ1) is 10.5. The van der Waals surface area contributed by atoms with Crippen molar-refractivity contribution in [2.24, 2.45) is 0 Å².